The molecular weight excluding hydrogens is 180 g/mol. The maximum atomic E-state index is 4.16. The molecule has 0 aliphatic rings. The Balaban J connectivity index is 4.57. The van der Waals surface area contributed by atoms with E-state index >= 15 is 0 Å². The smallest absolute Gasteiger partial charge is 0.0231 e. The SMILES string of the molecule is C=C(CC)CC(CC)(CC)CC=C(C)C. The number of hydrogen-bond donors (Lipinski definition) is 0. The van der Waals surface area contributed by atoms with Gasteiger partial charge in [-0.05, 0) is 51.4 Å². The molecule has 0 radical (unpaired) electrons. The molecule has 0 heterocycles. The Hall–Kier alpha value is -0.520. The van der Waals surface area contributed by atoms with Crippen LogP contribution in [0.3, 0.4) is 0 Å². The molecule has 0 aromatic carbocycles. The average molecular weight is 208 g/mol. The van der Waals surface area contributed by atoms with E-state index < -0.39 is 0 Å². The summed E-state index contributed by atoms with van der Waals surface area (Å²) >= 11 is 0. The van der Waals surface area contributed by atoms with Crippen LogP contribution in [-0.2, 0) is 0 Å². The average Bonchev–Trinajstić information content (AvgIpc) is 2.24. The van der Waals surface area contributed by atoms with Crippen molar-refractivity contribution in [2.75, 3.05) is 0 Å². The van der Waals surface area contributed by atoms with Crippen LogP contribution in [0.2, 0.25) is 0 Å². The molecule has 0 spiro atoms. The summed E-state index contributed by atoms with van der Waals surface area (Å²) in [6, 6.07) is 0. The Morgan fingerprint density at radius 2 is 1.67 bits per heavy atom. The highest BCUT2D eigenvalue weighted by Gasteiger charge is 2.25. The highest BCUT2D eigenvalue weighted by atomic mass is 14.3. The monoisotopic (exact) mass is 208 g/mol. The van der Waals surface area contributed by atoms with Gasteiger partial charge in [0.1, 0.15) is 0 Å². The molecule has 0 amide bonds. The van der Waals surface area contributed by atoms with E-state index in [9.17, 15) is 0 Å². The van der Waals surface area contributed by atoms with E-state index in [0.29, 0.717) is 5.41 Å². The molecular formula is C15H28. The summed E-state index contributed by atoms with van der Waals surface area (Å²) < 4.78 is 0. The minimum absolute atomic E-state index is 0.463. The van der Waals surface area contributed by atoms with Crippen LogP contribution in [0.5, 0.6) is 0 Å². The third kappa shape index (κ3) is 5.20. The van der Waals surface area contributed by atoms with Crippen molar-refractivity contribution in [3.8, 4) is 0 Å². The van der Waals surface area contributed by atoms with Crippen molar-refractivity contribution in [1.82, 2.24) is 0 Å². The lowest BCUT2D eigenvalue weighted by Crippen LogP contribution is -2.18. The molecule has 0 saturated carbocycles. The lowest BCUT2D eigenvalue weighted by Gasteiger charge is -2.31. The Kier molecular flexibility index (Phi) is 6.63. The fraction of sp³-hybridized carbons (Fsp3) is 0.733. The maximum absolute atomic E-state index is 4.16. The van der Waals surface area contributed by atoms with Crippen molar-refractivity contribution < 1.29 is 0 Å². The summed E-state index contributed by atoms with van der Waals surface area (Å²) in [6.07, 6.45) is 8.42. The quantitative estimate of drug-likeness (QED) is 0.484. The molecule has 0 fully saturated rings. The maximum Gasteiger partial charge on any atom is -0.0231 e. The minimum atomic E-state index is 0.463. The van der Waals surface area contributed by atoms with Crippen LogP contribution in [0, 0.1) is 5.41 Å². The predicted molar refractivity (Wildman–Crippen MR) is 71.1 cm³/mol. The number of rotatable bonds is 7. The normalized spacial score (nSPS) is 11.3. The topological polar surface area (TPSA) is 0 Å². The van der Waals surface area contributed by atoms with Gasteiger partial charge >= 0.3 is 0 Å². The molecule has 0 aromatic heterocycles. The third-order valence-corrected chi connectivity index (χ3v) is 3.57. The van der Waals surface area contributed by atoms with Crippen LogP contribution >= 0.6 is 0 Å². The Labute approximate surface area is 96.5 Å². The van der Waals surface area contributed by atoms with E-state index in [2.05, 4.69) is 47.3 Å². The second kappa shape index (κ2) is 6.87. The van der Waals surface area contributed by atoms with E-state index in [1.807, 2.05) is 0 Å². The minimum Gasteiger partial charge on any atom is -0.0999 e. The second-order valence-corrected chi connectivity index (χ2v) is 4.97. The third-order valence-electron chi connectivity index (χ3n) is 3.57. The van der Waals surface area contributed by atoms with Gasteiger partial charge in [0.15, 0.2) is 0 Å². The fourth-order valence-corrected chi connectivity index (χ4v) is 1.94. The van der Waals surface area contributed by atoms with Gasteiger partial charge in [-0.2, -0.15) is 0 Å². The molecule has 88 valence electrons. The van der Waals surface area contributed by atoms with Gasteiger partial charge in [-0.3, -0.25) is 0 Å². The van der Waals surface area contributed by atoms with E-state index in [1.165, 1.54) is 36.8 Å². The lowest BCUT2D eigenvalue weighted by atomic mass is 9.74. The standard InChI is InChI=1S/C15H28/c1-7-14(6)12-15(8-2,9-3)11-10-13(4)5/h10H,6-9,11-12H2,1-5H3. The van der Waals surface area contributed by atoms with Gasteiger partial charge in [-0.25, -0.2) is 0 Å². The number of hydrogen-bond acceptors (Lipinski definition) is 0. The van der Waals surface area contributed by atoms with Crippen LogP contribution in [0.25, 0.3) is 0 Å². The van der Waals surface area contributed by atoms with Crippen LogP contribution < -0.4 is 0 Å². The first-order valence-electron chi connectivity index (χ1n) is 6.29. The first-order chi connectivity index (χ1) is 6.99. The largest absolute Gasteiger partial charge is 0.0999 e. The van der Waals surface area contributed by atoms with Gasteiger partial charge in [0.2, 0.25) is 0 Å². The molecule has 0 nitrogen and oxygen atoms in total. The number of allylic oxidation sites excluding steroid dienone is 3. The van der Waals surface area contributed by atoms with Crippen molar-refractivity contribution in [3.05, 3.63) is 23.8 Å². The molecule has 15 heavy (non-hydrogen) atoms. The van der Waals surface area contributed by atoms with Crippen molar-refractivity contribution in [1.29, 1.82) is 0 Å². The molecule has 0 saturated heterocycles. The molecule has 0 aliphatic carbocycles. The molecule has 0 aliphatic heterocycles. The second-order valence-electron chi connectivity index (χ2n) is 4.97. The molecule has 0 rings (SSSR count). The summed E-state index contributed by atoms with van der Waals surface area (Å²) in [7, 11) is 0. The Morgan fingerprint density at radius 3 is 2.00 bits per heavy atom. The molecule has 0 aromatic rings. The van der Waals surface area contributed by atoms with Crippen LogP contribution in [0.4, 0.5) is 0 Å². The molecule has 0 bridgehead atoms. The van der Waals surface area contributed by atoms with E-state index in [0.717, 1.165) is 6.42 Å². The van der Waals surface area contributed by atoms with Crippen molar-refractivity contribution in [2.45, 2.75) is 66.7 Å². The summed E-state index contributed by atoms with van der Waals surface area (Å²) in [4.78, 5) is 0. The van der Waals surface area contributed by atoms with Gasteiger partial charge in [-0.15, -0.1) is 0 Å². The Morgan fingerprint density at radius 1 is 1.13 bits per heavy atom. The van der Waals surface area contributed by atoms with Crippen LogP contribution in [-0.4, -0.2) is 0 Å². The summed E-state index contributed by atoms with van der Waals surface area (Å²) in [5.41, 5.74) is 3.30. The zero-order valence-corrected chi connectivity index (χ0v) is 11.3. The summed E-state index contributed by atoms with van der Waals surface area (Å²) in [6.45, 7) is 15.4. The lowest BCUT2D eigenvalue weighted by molar-refractivity contribution is 0.260. The molecule has 0 unspecified atom stereocenters. The van der Waals surface area contributed by atoms with E-state index in [-0.39, 0.29) is 0 Å². The molecule has 0 atom stereocenters. The van der Waals surface area contributed by atoms with Gasteiger partial charge in [0.25, 0.3) is 0 Å². The highest BCUT2D eigenvalue weighted by Crippen LogP contribution is 2.38. The highest BCUT2D eigenvalue weighted by molar-refractivity contribution is 5.04. The first kappa shape index (κ1) is 14.5. The van der Waals surface area contributed by atoms with Gasteiger partial charge in [0.05, 0.1) is 0 Å². The first-order valence-corrected chi connectivity index (χ1v) is 6.29. The fourth-order valence-electron chi connectivity index (χ4n) is 1.94. The van der Waals surface area contributed by atoms with E-state index in [1.54, 1.807) is 0 Å². The van der Waals surface area contributed by atoms with Crippen molar-refractivity contribution in [2.24, 2.45) is 5.41 Å². The molecule has 0 N–H and O–H groups in total. The van der Waals surface area contributed by atoms with Crippen molar-refractivity contribution in [3.63, 3.8) is 0 Å². The predicted octanol–water partition coefficient (Wildman–Crippen LogP) is 5.51. The zero-order valence-electron chi connectivity index (χ0n) is 11.3. The van der Waals surface area contributed by atoms with Gasteiger partial charge in [-0.1, -0.05) is 44.6 Å². The van der Waals surface area contributed by atoms with Crippen LogP contribution in [0.1, 0.15) is 66.7 Å². The van der Waals surface area contributed by atoms with Gasteiger partial charge in [0, 0.05) is 0 Å². The molecule has 0 heteroatoms. The summed E-state index contributed by atoms with van der Waals surface area (Å²) in [5, 5.41) is 0. The van der Waals surface area contributed by atoms with Crippen molar-refractivity contribution >= 4 is 0 Å². The summed E-state index contributed by atoms with van der Waals surface area (Å²) in [5.74, 6) is 0. The van der Waals surface area contributed by atoms with Crippen LogP contribution in [0.15, 0.2) is 23.8 Å². The van der Waals surface area contributed by atoms with Gasteiger partial charge < -0.3 is 0 Å². The Bertz CT molecular complexity index is 212. The zero-order chi connectivity index (χ0) is 11.9. The van der Waals surface area contributed by atoms with E-state index in [4.69, 9.17) is 0 Å².